The van der Waals surface area contributed by atoms with Crippen LogP contribution in [-0.4, -0.2) is 124 Å². The zero-order valence-corrected chi connectivity index (χ0v) is 38.1. The molecule has 0 spiro atoms. The Morgan fingerprint density at radius 2 is 1.22 bits per heavy atom. The molecule has 0 aliphatic carbocycles. The first kappa shape index (κ1) is 58.9. The van der Waals surface area contributed by atoms with Crippen molar-refractivity contribution in [1.82, 2.24) is 37.2 Å². The van der Waals surface area contributed by atoms with Gasteiger partial charge in [0.05, 0.1) is 28.0 Å². The Bertz CT molecular complexity index is 2230. The van der Waals surface area contributed by atoms with E-state index in [2.05, 4.69) is 42.5 Å². The Hall–Kier alpha value is -8.14. The third-order valence-electron chi connectivity index (χ3n) is 9.32. The fraction of sp³-hybridized carbons (Fsp3) is 0.475. The lowest BCUT2D eigenvalue weighted by molar-refractivity contribution is -0.393. The van der Waals surface area contributed by atoms with Gasteiger partial charge >= 0.3 is 12.1 Å². The number of carbonyl (C=O) groups excluding carboxylic acids is 8. The molecule has 0 aliphatic rings. The van der Waals surface area contributed by atoms with Crippen molar-refractivity contribution in [2.45, 2.75) is 90.8 Å². The summed E-state index contributed by atoms with van der Waals surface area (Å²) in [7, 11) is 0. The Balaban J connectivity index is 0.00000314. The maximum atomic E-state index is 13.6. The predicted octanol–water partition coefficient (Wildman–Crippen LogP) is -0.282. The number of benzene rings is 2. The first-order valence-electron chi connectivity index (χ1n) is 20.6. The number of hydrogen-bond acceptors (Lipinski definition) is 15. The molecule has 0 aromatic heterocycles. The molecule has 0 heterocycles. The van der Waals surface area contributed by atoms with E-state index in [0.29, 0.717) is 0 Å². The molecule has 2 aromatic carbocycles. The number of carbonyl (C=O) groups is 9. The van der Waals surface area contributed by atoms with E-state index >= 15 is 0 Å². The summed E-state index contributed by atoms with van der Waals surface area (Å²) < 4.78 is 31.7. The van der Waals surface area contributed by atoms with E-state index < -0.39 is 129 Å². The lowest BCUT2D eigenvalue weighted by Crippen LogP contribution is -2.60. The van der Waals surface area contributed by atoms with Crippen molar-refractivity contribution in [2.24, 2.45) is 17.6 Å². The van der Waals surface area contributed by atoms with Crippen LogP contribution >= 0.6 is 0 Å². The van der Waals surface area contributed by atoms with E-state index in [1.165, 1.54) is 32.0 Å². The number of aliphatic carboxylic acids is 1. The van der Waals surface area contributed by atoms with Crippen molar-refractivity contribution < 1.29 is 71.3 Å². The Morgan fingerprint density at radius 3 is 1.72 bits per heavy atom. The summed E-state index contributed by atoms with van der Waals surface area (Å²) in [6.45, 7) is 8.59. The van der Waals surface area contributed by atoms with Crippen molar-refractivity contribution >= 4 is 76.0 Å². The van der Waals surface area contributed by atoms with E-state index in [1.54, 1.807) is 39.8 Å². The maximum absolute atomic E-state index is 13.6. The molecule has 0 aliphatic heterocycles. The third kappa shape index (κ3) is 20.5. The number of nitrogens with two attached hydrogens (primary N) is 2. The number of hydrogen-bond donors (Lipinski definition) is 11. The predicted molar refractivity (Wildman–Crippen MR) is 237 cm³/mol. The summed E-state index contributed by atoms with van der Waals surface area (Å²) in [5.74, 6) is -9.73. The van der Waals surface area contributed by atoms with Gasteiger partial charge in [-0.25, -0.2) is 4.79 Å². The number of nitrogens with zero attached hydrogens (tertiary/aromatic N) is 2. The number of nitro groups is 2. The summed E-state index contributed by atoms with van der Waals surface area (Å²) in [6.07, 6.45) is -5.54. The molecule has 380 valence electrons. The molecular formula is C40H55F3N12O14. The molecule has 2 aromatic rings. The Morgan fingerprint density at radius 1 is 0.696 bits per heavy atom. The number of nitro benzene ring substituents is 2. The molecular weight excluding hydrogens is 930 g/mol. The number of para-hydroxylation sites is 1. The molecule has 13 N–H and O–H groups in total. The SMILES string of the molecule is CC(NC(=O)CNC(=O)C(C)NC(=O)C(NC(=O)C(NC(=O)C(CCC(N)=O)NC(=O)c1ccccc1N)C(C)C)C(C)C)C(=O)NCCNc1ccc([N+](=O)[O-])cc1[N+](=O)[O-].O=C(O)C(F)(F)F. The molecule has 69 heavy (non-hydrogen) atoms. The summed E-state index contributed by atoms with van der Waals surface area (Å²) in [6, 6.07) is 3.17. The molecule has 0 saturated carbocycles. The van der Waals surface area contributed by atoms with Crippen LogP contribution in [0.2, 0.25) is 0 Å². The van der Waals surface area contributed by atoms with Gasteiger partial charge in [-0.05, 0) is 50.3 Å². The minimum absolute atomic E-state index is 0.00590. The fourth-order valence-corrected chi connectivity index (χ4v) is 5.58. The number of carboxylic acids is 1. The average molecular weight is 985 g/mol. The zero-order valence-electron chi connectivity index (χ0n) is 38.1. The Kier molecular flexibility index (Phi) is 23.5. The number of carboxylic acid groups (broad SMARTS) is 1. The lowest BCUT2D eigenvalue weighted by atomic mass is 9.98. The third-order valence-corrected chi connectivity index (χ3v) is 9.32. The molecule has 5 atom stereocenters. The standard InChI is InChI=1S/C38H54N12O12.C2HF3O2/c1-19(2)31(48-38(58)32(20(3)4)47-36(56)27(13-14-29(40)51)46-35(55)24-9-7-8-10-25(24)39)37(57)45-22(6)34(54)43-18-30(52)44-21(5)33(53)42-16-15-41-26-12-11-23(49(59)60)17-28(26)50(61)62;3-2(4,5)1(6)7/h7-12,17,19-22,27,31-32,41H,13-16,18,39H2,1-6H3,(H2,40,51)(H,42,53)(H,43,54)(H,44,52)(H,45,57)(H,46,55)(H,47,56)(H,48,58);(H,6,7). The van der Waals surface area contributed by atoms with E-state index in [-0.39, 0.29) is 42.9 Å². The van der Waals surface area contributed by atoms with Gasteiger partial charge in [0.2, 0.25) is 41.4 Å². The second-order valence-electron chi connectivity index (χ2n) is 15.6. The van der Waals surface area contributed by atoms with Gasteiger partial charge in [0.15, 0.2) is 0 Å². The van der Waals surface area contributed by atoms with Gasteiger partial charge in [-0.1, -0.05) is 39.8 Å². The summed E-state index contributed by atoms with van der Waals surface area (Å²) in [5, 5.41) is 49.5. The van der Waals surface area contributed by atoms with Gasteiger partial charge in [0.25, 0.3) is 17.3 Å². The molecule has 0 bridgehead atoms. The highest BCUT2D eigenvalue weighted by atomic mass is 19.4. The number of nitrogens with one attached hydrogen (secondary N) is 8. The second kappa shape index (κ2) is 27.5. The first-order chi connectivity index (χ1) is 32.0. The molecule has 0 radical (unpaired) electrons. The van der Waals surface area contributed by atoms with Crippen molar-refractivity contribution in [3.63, 3.8) is 0 Å². The molecule has 2 rings (SSSR count). The Labute approximate surface area is 391 Å². The summed E-state index contributed by atoms with van der Waals surface area (Å²) in [4.78, 5) is 132. The second-order valence-corrected chi connectivity index (χ2v) is 15.6. The highest BCUT2D eigenvalue weighted by molar-refractivity contribution is 6.02. The number of nitrogen functional groups attached to an aromatic ring is 1. The van der Waals surface area contributed by atoms with Crippen LogP contribution in [0.25, 0.3) is 0 Å². The van der Waals surface area contributed by atoms with Crippen LogP contribution in [0.15, 0.2) is 42.5 Å². The van der Waals surface area contributed by atoms with Crippen LogP contribution < -0.4 is 54.0 Å². The average Bonchev–Trinajstić information content (AvgIpc) is 3.25. The number of anilines is 2. The molecule has 26 nitrogen and oxygen atoms in total. The van der Waals surface area contributed by atoms with Gasteiger partial charge in [-0.3, -0.25) is 58.6 Å². The number of amides is 8. The van der Waals surface area contributed by atoms with Crippen molar-refractivity contribution in [2.75, 3.05) is 30.7 Å². The monoisotopic (exact) mass is 984 g/mol. The molecule has 0 saturated heterocycles. The van der Waals surface area contributed by atoms with Gasteiger partial charge in [-0.2, -0.15) is 13.2 Å². The normalized spacial score (nSPS) is 13.0. The quantitative estimate of drug-likeness (QED) is 0.0279. The van der Waals surface area contributed by atoms with Crippen LogP contribution in [0, 0.1) is 32.1 Å². The van der Waals surface area contributed by atoms with E-state index in [1.807, 2.05) is 0 Å². The number of alkyl halides is 3. The van der Waals surface area contributed by atoms with Crippen molar-refractivity contribution in [3.05, 3.63) is 68.3 Å². The highest BCUT2D eigenvalue weighted by Crippen LogP contribution is 2.28. The number of primary amides is 1. The van der Waals surface area contributed by atoms with Crippen molar-refractivity contribution in [3.8, 4) is 0 Å². The minimum atomic E-state index is -5.08. The fourth-order valence-electron chi connectivity index (χ4n) is 5.58. The van der Waals surface area contributed by atoms with Crippen molar-refractivity contribution in [1.29, 1.82) is 0 Å². The summed E-state index contributed by atoms with van der Waals surface area (Å²) in [5.41, 5.74) is 10.4. The van der Waals surface area contributed by atoms with E-state index in [9.17, 15) is 71.8 Å². The van der Waals surface area contributed by atoms with Gasteiger partial charge in [0, 0.05) is 31.3 Å². The number of halogens is 3. The molecule has 29 heteroatoms. The highest BCUT2D eigenvalue weighted by Gasteiger charge is 2.38. The van der Waals surface area contributed by atoms with Crippen LogP contribution in [0.3, 0.4) is 0 Å². The van der Waals surface area contributed by atoms with Crippen LogP contribution in [0.5, 0.6) is 0 Å². The van der Waals surface area contributed by atoms with Gasteiger partial charge in [0.1, 0.15) is 35.9 Å². The topological polar surface area (TPSA) is 408 Å². The molecule has 5 unspecified atom stereocenters. The summed E-state index contributed by atoms with van der Waals surface area (Å²) >= 11 is 0. The van der Waals surface area contributed by atoms with Gasteiger partial charge < -0.3 is 59.1 Å². The van der Waals surface area contributed by atoms with Crippen LogP contribution in [0.4, 0.5) is 35.9 Å². The lowest BCUT2D eigenvalue weighted by Gasteiger charge is -2.29. The number of non-ortho nitro benzene ring substituents is 1. The number of rotatable bonds is 24. The minimum Gasteiger partial charge on any atom is -0.475 e. The maximum Gasteiger partial charge on any atom is 0.490 e. The van der Waals surface area contributed by atoms with E-state index in [4.69, 9.17) is 21.4 Å². The smallest absolute Gasteiger partial charge is 0.475 e. The van der Waals surface area contributed by atoms with Crippen LogP contribution in [0.1, 0.15) is 64.7 Å². The zero-order chi connectivity index (χ0) is 52.9. The molecule has 8 amide bonds. The molecule has 0 fully saturated rings. The van der Waals surface area contributed by atoms with E-state index in [0.717, 1.165) is 12.1 Å². The van der Waals surface area contributed by atoms with Crippen LogP contribution in [-0.2, 0) is 38.4 Å². The first-order valence-corrected chi connectivity index (χ1v) is 20.6. The van der Waals surface area contributed by atoms with Gasteiger partial charge in [-0.15, -0.1) is 0 Å². The largest absolute Gasteiger partial charge is 0.490 e.